The average Bonchev–Trinajstić information content (AvgIpc) is 3.11. The molecule has 5 rings (SSSR count). The van der Waals surface area contributed by atoms with Crippen molar-refractivity contribution in [2.75, 3.05) is 18.8 Å². The molecule has 0 radical (unpaired) electrons. The van der Waals surface area contributed by atoms with E-state index in [-0.39, 0.29) is 14.7 Å². The smallest absolute Gasteiger partial charge is 0.206 e. The van der Waals surface area contributed by atoms with Gasteiger partial charge in [0.05, 0.1) is 24.5 Å². The van der Waals surface area contributed by atoms with Crippen molar-refractivity contribution in [2.24, 2.45) is 0 Å². The fourth-order valence-corrected chi connectivity index (χ4v) is 6.99. The number of hydrogen-bond acceptors (Lipinski definition) is 8. The Labute approximate surface area is 293 Å². The van der Waals surface area contributed by atoms with E-state index in [9.17, 15) is 33.7 Å². The standard InChI is InChI=1S/C13H12O4S2.C13H12O2S.C7H8O2S.2C2H6/c1-18(14,15)11-7-9-13(10-8-11)19(16,17)12-5-3-2-4-6-12;1-16(14,15)13-9-7-12(8-10-13)11-5-3-2-4-6-11;1-10(8,9)7-5-3-2-4-6-7;2*1-2/h2-10H,1H3;2-10H,1H3;2-6H,1H3;2*1-2H3. The Balaban J connectivity index is 0.000000363. The lowest BCUT2D eigenvalue weighted by molar-refractivity contribution is 0.594. The van der Waals surface area contributed by atoms with Crippen LogP contribution in [0, 0.1) is 0 Å². The average molecular weight is 745 g/mol. The van der Waals surface area contributed by atoms with Crippen molar-refractivity contribution >= 4 is 39.3 Å². The second-order valence-corrected chi connectivity index (χ2v) is 17.8. The van der Waals surface area contributed by atoms with E-state index >= 15 is 0 Å². The molecule has 0 fully saturated rings. The predicted molar refractivity (Wildman–Crippen MR) is 199 cm³/mol. The molecule has 0 aliphatic heterocycles. The maximum atomic E-state index is 12.2. The second-order valence-electron chi connectivity index (χ2n) is 9.81. The van der Waals surface area contributed by atoms with Crippen molar-refractivity contribution in [2.45, 2.75) is 52.2 Å². The van der Waals surface area contributed by atoms with E-state index < -0.39 is 39.3 Å². The van der Waals surface area contributed by atoms with Gasteiger partial charge >= 0.3 is 0 Å². The van der Waals surface area contributed by atoms with Crippen LogP contribution in [-0.4, -0.2) is 52.4 Å². The lowest BCUT2D eigenvalue weighted by Gasteiger charge is -2.05. The van der Waals surface area contributed by atoms with Gasteiger partial charge in [-0.25, -0.2) is 33.7 Å². The molecule has 0 heterocycles. The lowest BCUT2D eigenvalue weighted by Crippen LogP contribution is -2.03. The summed E-state index contributed by atoms with van der Waals surface area (Å²) in [5.41, 5.74) is 2.11. The summed E-state index contributed by atoms with van der Waals surface area (Å²) in [5, 5.41) is 0. The molecule has 0 amide bonds. The molecule has 0 bridgehead atoms. The second kappa shape index (κ2) is 19.8. The van der Waals surface area contributed by atoms with Crippen molar-refractivity contribution in [3.63, 3.8) is 0 Å². The first-order valence-corrected chi connectivity index (χ1v) is 22.4. The Bertz CT molecular complexity index is 2130. The maximum absolute atomic E-state index is 12.2. The van der Waals surface area contributed by atoms with Gasteiger partial charge in [-0.2, -0.15) is 0 Å². The molecule has 0 N–H and O–H groups in total. The molecule has 5 aromatic rings. The van der Waals surface area contributed by atoms with Crippen LogP contribution in [0.15, 0.2) is 164 Å². The Morgan fingerprint density at radius 2 is 0.510 bits per heavy atom. The summed E-state index contributed by atoms with van der Waals surface area (Å²) in [6.45, 7) is 8.00. The van der Waals surface area contributed by atoms with Crippen LogP contribution in [0.2, 0.25) is 0 Å². The van der Waals surface area contributed by atoms with Gasteiger partial charge in [0.1, 0.15) is 0 Å². The van der Waals surface area contributed by atoms with E-state index in [2.05, 4.69) is 0 Å². The van der Waals surface area contributed by atoms with E-state index in [0.717, 1.165) is 17.4 Å². The predicted octanol–water partition coefficient (Wildman–Crippen LogP) is 7.82. The quantitative estimate of drug-likeness (QED) is 0.172. The van der Waals surface area contributed by atoms with Crippen LogP contribution in [0.1, 0.15) is 27.7 Å². The van der Waals surface area contributed by atoms with Crippen molar-refractivity contribution in [1.82, 2.24) is 0 Å². The first kappa shape index (κ1) is 42.9. The van der Waals surface area contributed by atoms with Crippen molar-refractivity contribution in [1.29, 1.82) is 0 Å². The van der Waals surface area contributed by atoms with Gasteiger partial charge in [-0.1, -0.05) is 107 Å². The van der Waals surface area contributed by atoms with Gasteiger partial charge in [-0.05, 0) is 71.8 Å². The zero-order valence-electron chi connectivity index (χ0n) is 28.7. The van der Waals surface area contributed by atoms with Crippen molar-refractivity contribution in [3.8, 4) is 11.1 Å². The molecule has 0 atom stereocenters. The number of sulfone groups is 4. The maximum Gasteiger partial charge on any atom is 0.206 e. The molecule has 0 aromatic heterocycles. The Hall–Kier alpha value is -4.10. The molecule has 12 heteroatoms. The summed E-state index contributed by atoms with van der Waals surface area (Å²) >= 11 is 0. The van der Waals surface area contributed by atoms with E-state index in [4.69, 9.17) is 0 Å². The molecule has 0 aliphatic rings. The van der Waals surface area contributed by atoms with Gasteiger partial charge in [-0.15, -0.1) is 0 Å². The SMILES string of the molecule is CC.CC.CS(=O)(=O)c1ccc(-c2ccccc2)cc1.CS(=O)(=O)c1ccc(S(=O)(=O)c2ccccc2)cc1.CS(=O)(=O)c1ccccc1. The highest BCUT2D eigenvalue weighted by molar-refractivity contribution is 7.92. The summed E-state index contributed by atoms with van der Waals surface area (Å²) in [7, 11) is -13.0. The lowest BCUT2D eigenvalue weighted by atomic mass is 10.1. The Morgan fingerprint density at radius 3 is 0.837 bits per heavy atom. The topological polar surface area (TPSA) is 137 Å². The molecule has 0 saturated heterocycles. The first-order chi connectivity index (χ1) is 23.0. The van der Waals surface area contributed by atoms with Crippen LogP contribution in [0.4, 0.5) is 0 Å². The normalized spacial score (nSPS) is 11.0. The first-order valence-electron chi connectivity index (χ1n) is 15.2. The third kappa shape index (κ3) is 14.1. The van der Waals surface area contributed by atoms with Gasteiger partial charge in [0.2, 0.25) is 9.84 Å². The summed E-state index contributed by atoms with van der Waals surface area (Å²) in [6, 6.07) is 38.3. The van der Waals surface area contributed by atoms with Gasteiger partial charge in [0.15, 0.2) is 29.5 Å². The van der Waals surface area contributed by atoms with Crippen LogP contribution in [0.5, 0.6) is 0 Å². The Morgan fingerprint density at radius 1 is 0.286 bits per heavy atom. The van der Waals surface area contributed by atoms with Crippen LogP contribution >= 0.6 is 0 Å². The number of rotatable bonds is 6. The summed E-state index contributed by atoms with van der Waals surface area (Å²) in [5.74, 6) is 0. The number of benzene rings is 5. The molecular formula is C37H44O8S4. The third-order valence-corrected chi connectivity index (χ3v) is 11.3. The van der Waals surface area contributed by atoms with Gasteiger partial charge in [-0.3, -0.25) is 0 Å². The highest BCUT2D eigenvalue weighted by atomic mass is 32.2. The van der Waals surface area contributed by atoms with Gasteiger partial charge in [0, 0.05) is 18.8 Å². The highest BCUT2D eigenvalue weighted by Gasteiger charge is 2.18. The van der Waals surface area contributed by atoms with Gasteiger partial charge < -0.3 is 0 Å². The minimum atomic E-state index is -3.60. The fraction of sp³-hybridized carbons (Fsp3) is 0.189. The van der Waals surface area contributed by atoms with E-state index in [1.165, 1.54) is 48.9 Å². The Kier molecular flexibility index (Phi) is 17.3. The van der Waals surface area contributed by atoms with Crippen molar-refractivity contribution < 1.29 is 33.7 Å². The molecule has 0 saturated carbocycles. The zero-order valence-corrected chi connectivity index (χ0v) is 31.9. The zero-order chi connectivity index (χ0) is 37.3. The molecule has 8 nitrogen and oxygen atoms in total. The van der Waals surface area contributed by atoms with Crippen LogP contribution in [0.25, 0.3) is 11.1 Å². The van der Waals surface area contributed by atoms with Crippen LogP contribution < -0.4 is 0 Å². The summed E-state index contributed by atoms with van der Waals surface area (Å²) in [6.07, 6.45) is 3.49. The van der Waals surface area contributed by atoms with Crippen LogP contribution in [-0.2, 0) is 39.3 Å². The van der Waals surface area contributed by atoms with E-state index in [1.807, 2.05) is 70.2 Å². The minimum absolute atomic E-state index is 0.0751. The third-order valence-electron chi connectivity index (χ3n) is 6.18. The van der Waals surface area contributed by atoms with E-state index in [1.54, 1.807) is 60.7 Å². The fourth-order valence-electron chi connectivity index (χ4n) is 3.79. The van der Waals surface area contributed by atoms with Crippen molar-refractivity contribution in [3.05, 3.63) is 140 Å². The van der Waals surface area contributed by atoms with E-state index in [0.29, 0.717) is 9.79 Å². The van der Waals surface area contributed by atoms with Gasteiger partial charge in [0.25, 0.3) is 0 Å². The highest BCUT2D eigenvalue weighted by Crippen LogP contribution is 2.22. The number of hydrogen-bond donors (Lipinski definition) is 0. The van der Waals surface area contributed by atoms with Crippen LogP contribution in [0.3, 0.4) is 0 Å². The summed E-state index contributed by atoms with van der Waals surface area (Å²) < 4.78 is 91.3. The minimum Gasteiger partial charge on any atom is -0.224 e. The summed E-state index contributed by atoms with van der Waals surface area (Å²) in [4.78, 5) is 1.08. The molecule has 0 aliphatic carbocycles. The molecule has 49 heavy (non-hydrogen) atoms. The monoisotopic (exact) mass is 744 g/mol. The molecular weight excluding hydrogens is 701 g/mol. The molecule has 264 valence electrons. The molecule has 0 spiro atoms. The molecule has 5 aromatic carbocycles. The largest absolute Gasteiger partial charge is 0.224 e. The molecule has 0 unspecified atom stereocenters.